The highest BCUT2D eigenvalue weighted by Gasteiger charge is 2.28. The summed E-state index contributed by atoms with van der Waals surface area (Å²) >= 11 is 6.02. The number of nitrogens with zero attached hydrogens (tertiary/aromatic N) is 1. The third kappa shape index (κ3) is 4.12. The third-order valence-corrected chi connectivity index (χ3v) is 4.32. The predicted molar refractivity (Wildman–Crippen MR) is 86.0 cm³/mol. The van der Waals surface area contributed by atoms with E-state index in [4.69, 9.17) is 26.8 Å². The standard InChI is InChI=1S/C16H23ClN2O3/c1-19(10-12-9-13(17)3-4-14(12)21-2)16(20)15(18)11-5-7-22-8-6-11/h3-4,9,11,15H,5-8,10,18H2,1-2H3. The number of amides is 1. The summed E-state index contributed by atoms with van der Waals surface area (Å²) in [6.45, 7) is 1.77. The smallest absolute Gasteiger partial charge is 0.239 e. The molecule has 122 valence electrons. The largest absolute Gasteiger partial charge is 0.496 e. The normalized spacial score (nSPS) is 17.1. The van der Waals surface area contributed by atoms with Crippen LogP contribution in [0.4, 0.5) is 0 Å². The molecule has 0 saturated carbocycles. The van der Waals surface area contributed by atoms with Crippen LogP contribution in [0.1, 0.15) is 18.4 Å². The van der Waals surface area contributed by atoms with E-state index in [2.05, 4.69) is 0 Å². The molecule has 1 saturated heterocycles. The highest BCUT2D eigenvalue weighted by atomic mass is 35.5. The van der Waals surface area contributed by atoms with Gasteiger partial charge in [-0.1, -0.05) is 11.6 Å². The first kappa shape index (κ1) is 17.1. The van der Waals surface area contributed by atoms with Crippen LogP contribution in [0, 0.1) is 5.92 Å². The van der Waals surface area contributed by atoms with Crippen molar-refractivity contribution in [2.75, 3.05) is 27.4 Å². The van der Waals surface area contributed by atoms with E-state index in [1.165, 1.54) is 0 Å². The number of carbonyl (C=O) groups is 1. The lowest BCUT2D eigenvalue weighted by Gasteiger charge is -2.30. The Morgan fingerprint density at radius 1 is 1.50 bits per heavy atom. The van der Waals surface area contributed by atoms with Crippen molar-refractivity contribution in [1.29, 1.82) is 0 Å². The molecular formula is C16H23ClN2O3. The average molecular weight is 327 g/mol. The lowest BCUT2D eigenvalue weighted by Crippen LogP contribution is -2.47. The number of hydrogen-bond donors (Lipinski definition) is 1. The van der Waals surface area contributed by atoms with Crippen LogP contribution in [0.5, 0.6) is 5.75 Å². The van der Waals surface area contributed by atoms with Crippen LogP contribution in [-0.4, -0.2) is 44.2 Å². The molecule has 0 aromatic heterocycles. The maximum absolute atomic E-state index is 12.5. The minimum absolute atomic E-state index is 0.0612. The fraction of sp³-hybridized carbons (Fsp3) is 0.562. The van der Waals surface area contributed by atoms with Crippen LogP contribution >= 0.6 is 11.6 Å². The maximum atomic E-state index is 12.5. The van der Waals surface area contributed by atoms with Crippen molar-refractivity contribution in [3.05, 3.63) is 28.8 Å². The molecule has 5 nitrogen and oxygen atoms in total. The van der Waals surface area contributed by atoms with Gasteiger partial charge in [0.2, 0.25) is 5.91 Å². The Hall–Kier alpha value is -1.30. The zero-order chi connectivity index (χ0) is 16.1. The van der Waals surface area contributed by atoms with Gasteiger partial charge in [-0.3, -0.25) is 4.79 Å². The SMILES string of the molecule is COc1ccc(Cl)cc1CN(C)C(=O)C(N)C1CCOCC1. The molecule has 1 aliphatic heterocycles. The highest BCUT2D eigenvalue weighted by Crippen LogP contribution is 2.25. The van der Waals surface area contributed by atoms with Crippen molar-refractivity contribution in [2.24, 2.45) is 11.7 Å². The van der Waals surface area contributed by atoms with Crippen LogP contribution in [0.2, 0.25) is 5.02 Å². The number of ether oxygens (including phenoxy) is 2. The van der Waals surface area contributed by atoms with Crippen LogP contribution in [0.15, 0.2) is 18.2 Å². The second-order valence-corrected chi connectivity index (χ2v) is 6.06. The van der Waals surface area contributed by atoms with Gasteiger partial charge in [-0.2, -0.15) is 0 Å². The van der Waals surface area contributed by atoms with Gasteiger partial charge in [0.1, 0.15) is 5.75 Å². The van der Waals surface area contributed by atoms with Crippen molar-refractivity contribution in [1.82, 2.24) is 4.90 Å². The minimum atomic E-state index is -0.487. The van der Waals surface area contributed by atoms with E-state index in [-0.39, 0.29) is 11.8 Å². The van der Waals surface area contributed by atoms with Gasteiger partial charge in [-0.05, 0) is 37.0 Å². The Bertz CT molecular complexity index is 518. The summed E-state index contributed by atoms with van der Waals surface area (Å²) in [5.74, 6) is 0.836. The van der Waals surface area contributed by atoms with Gasteiger partial charge >= 0.3 is 0 Å². The Morgan fingerprint density at radius 3 is 2.82 bits per heavy atom. The van der Waals surface area contributed by atoms with Crippen molar-refractivity contribution in [3.63, 3.8) is 0 Å². The summed E-state index contributed by atoms with van der Waals surface area (Å²) in [6, 6.07) is 4.89. The van der Waals surface area contributed by atoms with E-state index in [1.807, 2.05) is 6.07 Å². The second kappa shape index (κ2) is 7.81. The summed E-state index contributed by atoms with van der Waals surface area (Å²) in [5.41, 5.74) is 7.01. The number of nitrogens with two attached hydrogens (primary N) is 1. The number of rotatable bonds is 5. The van der Waals surface area contributed by atoms with E-state index in [0.717, 1.165) is 18.4 Å². The fourth-order valence-corrected chi connectivity index (χ4v) is 2.93. The molecule has 2 rings (SSSR count). The monoisotopic (exact) mass is 326 g/mol. The van der Waals surface area contributed by atoms with Gasteiger partial charge in [0.15, 0.2) is 0 Å². The number of carbonyl (C=O) groups excluding carboxylic acids is 1. The van der Waals surface area contributed by atoms with Crippen molar-refractivity contribution in [2.45, 2.75) is 25.4 Å². The first-order valence-corrected chi connectivity index (χ1v) is 7.81. The molecule has 1 heterocycles. The molecule has 0 spiro atoms. The molecular weight excluding hydrogens is 304 g/mol. The molecule has 1 fully saturated rings. The fourth-order valence-electron chi connectivity index (χ4n) is 2.74. The van der Waals surface area contributed by atoms with Crippen molar-refractivity contribution < 1.29 is 14.3 Å². The molecule has 2 N–H and O–H groups in total. The quantitative estimate of drug-likeness (QED) is 0.899. The van der Waals surface area contributed by atoms with Crippen molar-refractivity contribution >= 4 is 17.5 Å². The summed E-state index contributed by atoms with van der Waals surface area (Å²) < 4.78 is 10.6. The summed E-state index contributed by atoms with van der Waals surface area (Å²) in [4.78, 5) is 14.2. The summed E-state index contributed by atoms with van der Waals surface area (Å²) in [7, 11) is 3.35. The van der Waals surface area contributed by atoms with Gasteiger partial charge < -0.3 is 20.1 Å². The van der Waals surface area contributed by atoms with Crippen LogP contribution < -0.4 is 10.5 Å². The molecule has 1 atom stereocenters. The lowest BCUT2D eigenvalue weighted by atomic mass is 9.91. The van der Waals surface area contributed by atoms with E-state index >= 15 is 0 Å². The van der Waals surface area contributed by atoms with Gasteiger partial charge in [-0.15, -0.1) is 0 Å². The summed E-state index contributed by atoms with van der Waals surface area (Å²) in [5, 5.41) is 0.616. The van der Waals surface area contributed by atoms with Gasteiger partial charge in [0.25, 0.3) is 0 Å². The average Bonchev–Trinajstić information content (AvgIpc) is 2.54. The van der Waals surface area contributed by atoms with Gasteiger partial charge in [0, 0.05) is 37.4 Å². The molecule has 1 aromatic rings. The van der Waals surface area contributed by atoms with Gasteiger partial charge in [-0.25, -0.2) is 0 Å². The van der Waals surface area contributed by atoms with Crippen LogP contribution in [0.25, 0.3) is 0 Å². The van der Waals surface area contributed by atoms with Gasteiger partial charge in [0.05, 0.1) is 13.2 Å². The summed E-state index contributed by atoms with van der Waals surface area (Å²) in [6.07, 6.45) is 1.67. The molecule has 6 heteroatoms. The number of halogens is 1. The topological polar surface area (TPSA) is 64.8 Å². The second-order valence-electron chi connectivity index (χ2n) is 5.63. The Kier molecular flexibility index (Phi) is 6.06. The van der Waals surface area contributed by atoms with E-state index < -0.39 is 6.04 Å². The first-order valence-electron chi connectivity index (χ1n) is 7.43. The molecule has 1 unspecified atom stereocenters. The number of methoxy groups -OCH3 is 1. The highest BCUT2D eigenvalue weighted by molar-refractivity contribution is 6.30. The number of hydrogen-bond acceptors (Lipinski definition) is 4. The number of likely N-dealkylation sites (N-methyl/N-ethyl adjacent to an activating group) is 1. The molecule has 1 aliphatic rings. The zero-order valence-electron chi connectivity index (χ0n) is 13.0. The first-order chi connectivity index (χ1) is 10.5. The van der Waals surface area contributed by atoms with E-state index in [0.29, 0.717) is 30.5 Å². The zero-order valence-corrected chi connectivity index (χ0v) is 13.8. The van der Waals surface area contributed by atoms with Crippen molar-refractivity contribution in [3.8, 4) is 5.75 Å². The van der Waals surface area contributed by atoms with Crippen LogP contribution in [-0.2, 0) is 16.1 Å². The Labute approximate surface area is 136 Å². The molecule has 22 heavy (non-hydrogen) atoms. The lowest BCUT2D eigenvalue weighted by molar-refractivity contribution is -0.133. The molecule has 1 amide bonds. The molecule has 0 aliphatic carbocycles. The molecule has 0 radical (unpaired) electrons. The molecule has 0 bridgehead atoms. The third-order valence-electron chi connectivity index (χ3n) is 4.09. The minimum Gasteiger partial charge on any atom is -0.496 e. The Balaban J connectivity index is 2.03. The van der Waals surface area contributed by atoms with Crippen LogP contribution in [0.3, 0.4) is 0 Å². The Morgan fingerprint density at radius 2 is 2.18 bits per heavy atom. The van der Waals surface area contributed by atoms with E-state index in [1.54, 1.807) is 31.2 Å². The van der Waals surface area contributed by atoms with E-state index in [9.17, 15) is 4.79 Å². The predicted octanol–water partition coefficient (Wildman–Crippen LogP) is 2.06. The maximum Gasteiger partial charge on any atom is 0.239 e. The number of benzene rings is 1. The molecule has 1 aromatic carbocycles.